The lowest BCUT2D eigenvalue weighted by molar-refractivity contribution is 0.238. The number of anilines is 1. The van der Waals surface area contributed by atoms with Crippen molar-refractivity contribution < 1.29 is 13.5 Å². The zero-order chi connectivity index (χ0) is 22.5. The van der Waals surface area contributed by atoms with Crippen LogP contribution in [-0.4, -0.2) is 36.1 Å². The van der Waals surface area contributed by atoms with Crippen LogP contribution in [0.4, 0.5) is 14.5 Å². The Morgan fingerprint density at radius 2 is 1.88 bits per heavy atom. The quantitative estimate of drug-likeness (QED) is 0.443. The second-order valence-corrected chi connectivity index (χ2v) is 7.57. The van der Waals surface area contributed by atoms with Gasteiger partial charge in [0.2, 0.25) is 0 Å². The molecule has 32 heavy (non-hydrogen) atoms. The summed E-state index contributed by atoms with van der Waals surface area (Å²) in [4.78, 5) is 17.3. The number of benzene rings is 2. The summed E-state index contributed by atoms with van der Waals surface area (Å²) < 4.78 is 32.7. The summed E-state index contributed by atoms with van der Waals surface area (Å²) in [6, 6.07) is 10.6. The van der Waals surface area contributed by atoms with Crippen LogP contribution < -0.4 is 15.6 Å². The van der Waals surface area contributed by atoms with Crippen molar-refractivity contribution in [3.8, 4) is 5.75 Å². The number of likely N-dealkylation sites (tertiary alicyclic amines) is 1. The van der Waals surface area contributed by atoms with E-state index in [0.29, 0.717) is 17.7 Å². The first-order valence-electron chi connectivity index (χ1n) is 10.4. The zero-order valence-corrected chi connectivity index (χ0v) is 17.3. The van der Waals surface area contributed by atoms with Gasteiger partial charge in [0.05, 0.1) is 11.1 Å². The molecule has 0 radical (unpaired) electrons. The van der Waals surface area contributed by atoms with E-state index in [0.717, 1.165) is 37.5 Å². The monoisotopic (exact) mass is 439 g/mol. The van der Waals surface area contributed by atoms with E-state index in [-0.39, 0.29) is 16.8 Å². The van der Waals surface area contributed by atoms with E-state index in [9.17, 15) is 13.6 Å². The van der Waals surface area contributed by atoms with E-state index in [1.807, 2.05) is 24.3 Å². The van der Waals surface area contributed by atoms with Crippen molar-refractivity contribution in [2.24, 2.45) is 5.11 Å². The lowest BCUT2D eigenvalue weighted by Crippen LogP contribution is -2.25. The van der Waals surface area contributed by atoms with Gasteiger partial charge in [-0.15, -0.1) is 0 Å². The first-order valence-corrected chi connectivity index (χ1v) is 10.4. The van der Waals surface area contributed by atoms with Gasteiger partial charge < -0.3 is 15.0 Å². The van der Waals surface area contributed by atoms with Gasteiger partial charge in [-0.1, -0.05) is 0 Å². The predicted molar refractivity (Wildman–Crippen MR) is 119 cm³/mol. The van der Waals surface area contributed by atoms with Gasteiger partial charge >= 0.3 is 0 Å². The van der Waals surface area contributed by atoms with Gasteiger partial charge in [0, 0.05) is 29.9 Å². The number of rotatable bonds is 8. The fraction of sp³-hybridized carbons (Fsp3) is 0.261. The minimum Gasteiger partial charge on any atom is -0.492 e. The zero-order valence-electron chi connectivity index (χ0n) is 17.3. The van der Waals surface area contributed by atoms with Crippen LogP contribution in [-0.2, 0) is 0 Å². The van der Waals surface area contributed by atoms with Crippen LogP contribution in [0.2, 0.25) is 0 Å². The van der Waals surface area contributed by atoms with Gasteiger partial charge in [-0.2, -0.15) is 5.11 Å². The maximum atomic E-state index is 13.6. The Morgan fingerprint density at radius 3 is 2.59 bits per heavy atom. The summed E-state index contributed by atoms with van der Waals surface area (Å²) in [5.74, 6) is -1.32. The van der Waals surface area contributed by atoms with Crippen molar-refractivity contribution in [1.82, 2.24) is 9.88 Å². The molecule has 1 aliphatic rings. The summed E-state index contributed by atoms with van der Waals surface area (Å²) in [7, 11) is 0. The molecule has 2 aromatic carbocycles. The number of fused-ring (bicyclic) bond motifs is 1. The van der Waals surface area contributed by atoms with Crippen molar-refractivity contribution in [3.63, 3.8) is 0 Å². The maximum absolute atomic E-state index is 13.6. The molecule has 3 aromatic rings. The van der Waals surface area contributed by atoms with Crippen LogP contribution >= 0.6 is 0 Å². The lowest BCUT2D eigenvalue weighted by atomic mass is 10.1. The molecular formula is C23H23F2N5O2. The molecule has 9 heteroatoms. The molecule has 0 amide bonds. The van der Waals surface area contributed by atoms with Crippen molar-refractivity contribution in [1.29, 1.82) is 5.53 Å². The average Bonchev–Trinajstić information content (AvgIpc) is 3.30. The molecule has 7 nitrogen and oxygen atoms in total. The van der Waals surface area contributed by atoms with Crippen LogP contribution in [0.25, 0.3) is 16.6 Å². The van der Waals surface area contributed by atoms with Gasteiger partial charge in [0.1, 0.15) is 18.1 Å². The molecule has 0 saturated carbocycles. The maximum Gasteiger partial charge on any atom is 0.258 e. The third-order valence-corrected chi connectivity index (χ3v) is 5.39. The SMILES string of the molecule is N=N/C(=C\Nc1ccc(OCCN2CCCC2)cc1)c1cc2cc(F)c(F)cc2[nH]c1=O. The van der Waals surface area contributed by atoms with Crippen LogP contribution in [0.3, 0.4) is 0 Å². The fourth-order valence-corrected chi connectivity index (χ4v) is 3.66. The number of hydrogen-bond acceptors (Lipinski definition) is 6. The Morgan fingerprint density at radius 1 is 1.16 bits per heavy atom. The highest BCUT2D eigenvalue weighted by Gasteiger charge is 2.12. The number of aromatic amines is 1. The smallest absolute Gasteiger partial charge is 0.258 e. The summed E-state index contributed by atoms with van der Waals surface area (Å²) in [5, 5.41) is 6.69. The second-order valence-electron chi connectivity index (χ2n) is 7.57. The summed E-state index contributed by atoms with van der Waals surface area (Å²) in [6.45, 7) is 3.80. The highest BCUT2D eigenvalue weighted by molar-refractivity contribution is 5.82. The van der Waals surface area contributed by atoms with E-state index in [4.69, 9.17) is 10.3 Å². The Balaban J connectivity index is 1.44. The van der Waals surface area contributed by atoms with Gasteiger partial charge in [-0.05, 0) is 62.3 Å². The molecular weight excluding hydrogens is 416 g/mol. The topological polar surface area (TPSA) is 93.6 Å². The minimum atomic E-state index is -1.05. The van der Waals surface area contributed by atoms with E-state index >= 15 is 0 Å². The normalized spacial score (nSPS) is 14.6. The largest absolute Gasteiger partial charge is 0.492 e. The molecule has 0 atom stereocenters. The summed E-state index contributed by atoms with van der Waals surface area (Å²) >= 11 is 0. The number of halogens is 2. The van der Waals surface area contributed by atoms with E-state index in [2.05, 4.69) is 20.3 Å². The molecule has 3 N–H and O–H groups in total. The molecule has 1 aromatic heterocycles. The average molecular weight is 439 g/mol. The number of nitrogens with zero attached hydrogens (tertiary/aromatic N) is 2. The number of nitrogens with one attached hydrogen (secondary N) is 3. The highest BCUT2D eigenvalue weighted by Crippen LogP contribution is 2.21. The number of ether oxygens (including phenoxy) is 1. The lowest BCUT2D eigenvalue weighted by Gasteiger charge is -2.15. The van der Waals surface area contributed by atoms with Crippen LogP contribution in [0.1, 0.15) is 18.4 Å². The van der Waals surface area contributed by atoms with Gasteiger partial charge in [0.25, 0.3) is 5.56 Å². The van der Waals surface area contributed by atoms with E-state index in [1.165, 1.54) is 25.1 Å². The van der Waals surface area contributed by atoms with Crippen LogP contribution in [0.15, 0.2) is 58.6 Å². The first-order chi connectivity index (χ1) is 15.5. The molecule has 0 spiro atoms. The molecule has 0 aliphatic carbocycles. The number of aromatic nitrogens is 1. The number of pyridine rings is 1. The third kappa shape index (κ3) is 5.00. The Bertz CT molecular complexity index is 1200. The molecule has 4 rings (SSSR count). The summed E-state index contributed by atoms with van der Waals surface area (Å²) in [5.41, 5.74) is 7.85. The first kappa shape index (κ1) is 21.6. The predicted octanol–water partition coefficient (Wildman–Crippen LogP) is 4.72. The summed E-state index contributed by atoms with van der Waals surface area (Å²) in [6.07, 6.45) is 3.91. The van der Waals surface area contributed by atoms with Crippen molar-refractivity contribution in [2.75, 3.05) is 31.6 Å². The van der Waals surface area contributed by atoms with Gasteiger partial charge in [-0.3, -0.25) is 9.69 Å². The van der Waals surface area contributed by atoms with Crippen LogP contribution in [0, 0.1) is 17.2 Å². The molecule has 0 bridgehead atoms. The third-order valence-electron chi connectivity index (χ3n) is 5.39. The molecule has 1 aliphatic heterocycles. The highest BCUT2D eigenvalue weighted by atomic mass is 19.2. The van der Waals surface area contributed by atoms with Crippen LogP contribution in [0.5, 0.6) is 5.75 Å². The molecule has 0 unspecified atom stereocenters. The van der Waals surface area contributed by atoms with Crippen molar-refractivity contribution in [2.45, 2.75) is 12.8 Å². The Kier molecular flexibility index (Phi) is 6.55. The Hall–Kier alpha value is -3.59. The minimum absolute atomic E-state index is 0.0452. The molecule has 2 heterocycles. The van der Waals surface area contributed by atoms with E-state index < -0.39 is 17.2 Å². The van der Waals surface area contributed by atoms with E-state index in [1.54, 1.807) is 0 Å². The molecule has 1 fully saturated rings. The second kappa shape index (κ2) is 9.69. The number of H-pyrrole nitrogens is 1. The van der Waals surface area contributed by atoms with Gasteiger partial charge in [0.15, 0.2) is 11.6 Å². The van der Waals surface area contributed by atoms with Crippen molar-refractivity contribution >= 4 is 22.3 Å². The number of hydrogen-bond donors (Lipinski definition) is 3. The van der Waals surface area contributed by atoms with Gasteiger partial charge in [-0.25, -0.2) is 14.3 Å². The fourth-order valence-electron chi connectivity index (χ4n) is 3.66. The van der Waals surface area contributed by atoms with Crippen molar-refractivity contribution in [3.05, 3.63) is 76.2 Å². The molecule has 1 saturated heterocycles. The Labute approximate surface area is 183 Å². The molecule has 166 valence electrons. The standard InChI is InChI=1S/C23H23F2N5O2/c24-19-12-15-11-18(23(31)28-21(15)13-20(19)25)22(29-26)14-27-16-3-5-17(6-4-16)32-10-9-30-7-1-2-8-30/h3-6,11-14,26-27H,1-2,7-10H2,(H,28,31)/b22-14-,29-26?.